The number of carbonyl (C=O) groups is 1. The van der Waals surface area contributed by atoms with Crippen LogP contribution < -0.4 is 15.4 Å². The van der Waals surface area contributed by atoms with Gasteiger partial charge >= 0.3 is 6.03 Å². The molecule has 0 unspecified atom stereocenters. The van der Waals surface area contributed by atoms with E-state index < -0.39 is 0 Å². The zero-order chi connectivity index (χ0) is 18.2. The highest BCUT2D eigenvalue weighted by atomic mass is 16.5. The number of nitrogens with one attached hydrogen (secondary N) is 3. The monoisotopic (exact) mass is 351 g/mol. The fourth-order valence-corrected chi connectivity index (χ4v) is 2.72. The highest BCUT2D eigenvalue weighted by molar-refractivity contribution is 5.89. The summed E-state index contributed by atoms with van der Waals surface area (Å²) >= 11 is 0. The van der Waals surface area contributed by atoms with Crippen LogP contribution in [0, 0.1) is 0 Å². The fraction of sp³-hybridized carbons (Fsp3) is 0.286. The van der Waals surface area contributed by atoms with Gasteiger partial charge in [0.2, 0.25) is 0 Å². The Morgan fingerprint density at radius 1 is 1.12 bits per heavy atom. The molecule has 136 valence electrons. The number of H-pyrrole nitrogens is 1. The predicted molar refractivity (Wildman–Crippen MR) is 106 cm³/mol. The van der Waals surface area contributed by atoms with E-state index in [1.54, 1.807) is 0 Å². The standard InChI is InChI=1S/C21H25N3O2/c1-2-3-14-26-19-8-6-18(7-9-19)24-21(25)23-12-10-16-4-5-17-11-13-22-20(17)15-16/h4-9,11,13,15,22H,2-3,10,12,14H2,1H3,(H2,23,24,25). The van der Waals surface area contributed by atoms with Crippen molar-refractivity contribution in [3.8, 4) is 5.75 Å². The first kappa shape index (κ1) is 17.9. The van der Waals surface area contributed by atoms with Crippen molar-refractivity contribution >= 4 is 22.6 Å². The van der Waals surface area contributed by atoms with Gasteiger partial charge in [-0.3, -0.25) is 0 Å². The summed E-state index contributed by atoms with van der Waals surface area (Å²) in [4.78, 5) is 15.2. The lowest BCUT2D eigenvalue weighted by molar-refractivity contribution is 0.252. The smallest absolute Gasteiger partial charge is 0.319 e. The van der Waals surface area contributed by atoms with Crippen molar-refractivity contribution in [1.29, 1.82) is 0 Å². The molecule has 0 atom stereocenters. The van der Waals surface area contributed by atoms with Gasteiger partial charge in [0.1, 0.15) is 5.75 Å². The number of aromatic nitrogens is 1. The van der Waals surface area contributed by atoms with Gasteiger partial charge in [-0.15, -0.1) is 0 Å². The van der Waals surface area contributed by atoms with Gasteiger partial charge in [0.25, 0.3) is 0 Å². The van der Waals surface area contributed by atoms with E-state index in [9.17, 15) is 4.79 Å². The van der Waals surface area contributed by atoms with Gasteiger partial charge in [-0.2, -0.15) is 0 Å². The van der Waals surface area contributed by atoms with Gasteiger partial charge in [0.15, 0.2) is 0 Å². The van der Waals surface area contributed by atoms with E-state index in [1.165, 1.54) is 10.9 Å². The van der Waals surface area contributed by atoms with E-state index in [4.69, 9.17) is 4.74 Å². The van der Waals surface area contributed by atoms with Crippen LogP contribution in [0.4, 0.5) is 10.5 Å². The summed E-state index contributed by atoms with van der Waals surface area (Å²) < 4.78 is 5.61. The van der Waals surface area contributed by atoms with Gasteiger partial charge in [0.05, 0.1) is 6.61 Å². The molecule has 0 radical (unpaired) electrons. The third kappa shape index (κ3) is 5.02. The first-order chi connectivity index (χ1) is 12.7. The molecule has 5 heteroatoms. The van der Waals surface area contributed by atoms with Crippen LogP contribution in [0.5, 0.6) is 5.75 Å². The highest BCUT2D eigenvalue weighted by Gasteiger charge is 2.03. The van der Waals surface area contributed by atoms with Crippen LogP contribution in [0.2, 0.25) is 0 Å². The van der Waals surface area contributed by atoms with Crippen molar-refractivity contribution in [2.75, 3.05) is 18.5 Å². The van der Waals surface area contributed by atoms with E-state index in [2.05, 4.69) is 40.7 Å². The van der Waals surface area contributed by atoms with Crippen molar-refractivity contribution in [3.05, 3.63) is 60.3 Å². The number of hydrogen-bond acceptors (Lipinski definition) is 2. The molecule has 0 saturated heterocycles. The Morgan fingerprint density at radius 3 is 2.77 bits per heavy atom. The lowest BCUT2D eigenvalue weighted by Crippen LogP contribution is -2.30. The zero-order valence-electron chi connectivity index (χ0n) is 15.0. The summed E-state index contributed by atoms with van der Waals surface area (Å²) in [6.07, 6.45) is 4.87. The average Bonchev–Trinajstić information content (AvgIpc) is 3.11. The number of hydrogen-bond donors (Lipinski definition) is 3. The SMILES string of the molecule is CCCCOc1ccc(NC(=O)NCCc2ccc3cc[nH]c3c2)cc1. The van der Waals surface area contributed by atoms with Gasteiger partial charge < -0.3 is 20.4 Å². The molecule has 26 heavy (non-hydrogen) atoms. The summed E-state index contributed by atoms with van der Waals surface area (Å²) in [5.74, 6) is 0.823. The molecule has 0 aliphatic heterocycles. The Morgan fingerprint density at radius 2 is 1.96 bits per heavy atom. The van der Waals surface area contributed by atoms with Gasteiger partial charge in [-0.1, -0.05) is 25.5 Å². The van der Waals surface area contributed by atoms with Crippen molar-refractivity contribution in [2.45, 2.75) is 26.2 Å². The second-order valence-corrected chi connectivity index (χ2v) is 6.26. The Kier molecular flexibility index (Phi) is 6.14. The molecular formula is C21H25N3O2. The van der Waals surface area contributed by atoms with Crippen LogP contribution in [0.25, 0.3) is 10.9 Å². The molecular weight excluding hydrogens is 326 g/mol. The molecule has 3 rings (SSSR count). The van der Waals surface area contributed by atoms with Crippen molar-refractivity contribution in [3.63, 3.8) is 0 Å². The van der Waals surface area contributed by atoms with E-state index in [0.717, 1.165) is 42.8 Å². The molecule has 0 fully saturated rings. The van der Waals surface area contributed by atoms with Crippen molar-refractivity contribution in [1.82, 2.24) is 10.3 Å². The molecule has 0 bridgehead atoms. The third-order valence-electron chi connectivity index (χ3n) is 4.20. The number of unbranched alkanes of at least 4 members (excludes halogenated alkanes) is 1. The average molecular weight is 351 g/mol. The Hall–Kier alpha value is -2.95. The number of aromatic amines is 1. The number of fused-ring (bicyclic) bond motifs is 1. The first-order valence-electron chi connectivity index (χ1n) is 9.08. The minimum Gasteiger partial charge on any atom is -0.494 e. The molecule has 0 spiro atoms. The molecule has 0 aliphatic rings. The Labute approximate surface area is 153 Å². The molecule has 5 nitrogen and oxygen atoms in total. The van der Waals surface area contributed by atoms with Crippen molar-refractivity contribution < 1.29 is 9.53 Å². The van der Waals surface area contributed by atoms with E-state index in [0.29, 0.717) is 6.54 Å². The fourth-order valence-electron chi connectivity index (χ4n) is 2.72. The maximum absolute atomic E-state index is 12.0. The van der Waals surface area contributed by atoms with Crippen LogP contribution in [0.3, 0.4) is 0 Å². The molecule has 3 aromatic rings. The highest BCUT2D eigenvalue weighted by Crippen LogP contribution is 2.16. The molecule has 3 N–H and O–H groups in total. The number of carbonyl (C=O) groups excluding carboxylic acids is 1. The van der Waals surface area contributed by atoms with Gasteiger partial charge in [-0.05, 0) is 60.2 Å². The Bertz CT molecular complexity index is 840. The second kappa shape index (κ2) is 8.94. The summed E-state index contributed by atoms with van der Waals surface area (Å²) in [5.41, 5.74) is 3.06. The van der Waals surface area contributed by atoms with Crippen LogP contribution in [-0.4, -0.2) is 24.2 Å². The molecule has 1 aromatic heterocycles. The number of ether oxygens (including phenoxy) is 1. The predicted octanol–water partition coefficient (Wildman–Crippen LogP) is 4.71. The summed E-state index contributed by atoms with van der Waals surface area (Å²) in [6.45, 7) is 3.43. The Balaban J connectivity index is 1.42. The minimum absolute atomic E-state index is 0.203. The van der Waals surface area contributed by atoms with E-state index >= 15 is 0 Å². The number of urea groups is 1. The number of amides is 2. The lowest BCUT2D eigenvalue weighted by atomic mass is 10.1. The van der Waals surface area contributed by atoms with Crippen LogP contribution >= 0.6 is 0 Å². The summed E-state index contributed by atoms with van der Waals surface area (Å²) in [7, 11) is 0. The quantitative estimate of drug-likeness (QED) is 0.515. The van der Waals surface area contributed by atoms with Crippen LogP contribution in [-0.2, 0) is 6.42 Å². The zero-order valence-corrected chi connectivity index (χ0v) is 15.0. The normalized spacial score (nSPS) is 10.7. The molecule has 0 saturated carbocycles. The molecule has 2 aromatic carbocycles. The van der Waals surface area contributed by atoms with Crippen LogP contribution in [0.15, 0.2) is 54.7 Å². The minimum atomic E-state index is -0.203. The number of benzene rings is 2. The summed E-state index contributed by atoms with van der Waals surface area (Å²) in [5, 5.41) is 6.92. The molecule has 2 amide bonds. The van der Waals surface area contributed by atoms with Crippen LogP contribution in [0.1, 0.15) is 25.3 Å². The van der Waals surface area contributed by atoms with E-state index in [1.807, 2.05) is 36.5 Å². The second-order valence-electron chi connectivity index (χ2n) is 6.26. The molecule has 1 heterocycles. The third-order valence-corrected chi connectivity index (χ3v) is 4.20. The topological polar surface area (TPSA) is 66.2 Å². The largest absolute Gasteiger partial charge is 0.494 e. The lowest BCUT2D eigenvalue weighted by Gasteiger charge is -2.09. The summed E-state index contributed by atoms with van der Waals surface area (Å²) in [6, 6.07) is 15.6. The van der Waals surface area contributed by atoms with Gasteiger partial charge in [-0.25, -0.2) is 4.79 Å². The number of rotatable bonds is 8. The maximum Gasteiger partial charge on any atom is 0.319 e. The van der Waals surface area contributed by atoms with Gasteiger partial charge in [0, 0.05) is 23.9 Å². The van der Waals surface area contributed by atoms with Crippen molar-refractivity contribution in [2.24, 2.45) is 0 Å². The number of anilines is 1. The first-order valence-corrected chi connectivity index (χ1v) is 9.08. The molecule has 0 aliphatic carbocycles. The van der Waals surface area contributed by atoms with E-state index in [-0.39, 0.29) is 6.03 Å². The maximum atomic E-state index is 12.0.